The molecule has 28 heavy (non-hydrogen) atoms. The zero-order valence-corrected chi connectivity index (χ0v) is 15.9. The molecular formula is C24H24N2O2. The van der Waals surface area contributed by atoms with E-state index in [1.807, 2.05) is 18.2 Å². The van der Waals surface area contributed by atoms with Crippen molar-refractivity contribution in [1.29, 1.82) is 0 Å². The average Bonchev–Trinajstić information content (AvgIpc) is 2.75. The second-order valence-corrected chi connectivity index (χ2v) is 6.62. The second kappa shape index (κ2) is 9.02. The zero-order chi connectivity index (χ0) is 19.9. The quantitative estimate of drug-likeness (QED) is 0.374. The molecule has 0 spiro atoms. The first-order valence-corrected chi connectivity index (χ1v) is 9.28. The second-order valence-electron chi connectivity index (χ2n) is 6.62. The fourth-order valence-corrected chi connectivity index (χ4v) is 3.26. The number of hydrogen-bond donors (Lipinski definition) is 3. The molecule has 4 nitrogen and oxygen atoms in total. The lowest BCUT2D eigenvalue weighted by molar-refractivity contribution is 0.0706. The number of amides is 1. The fraction of sp³-hybridized carbons (Fsp3) is 0.125. The first kappa shape index (κ1) is 19.4. The third-order valence-corrected chi connectivity index (χ3v) is 4.80. The Morgan fingerprint density at radius 1 is 0.929 bits per heavy atom. The molecular weight excluding hydrogens is 348 g/mol. The molecule has 0 bridgehead atoms. The smallest absolute Gasteiger partial charge is 0.274 e. The van der Waals surface area contributed by atoms with Gasteiger partial charge < -0.3 is 5.32 Å². The topological polar surface area (TPSA) is 61.4 Å². The van der Waals surface area contributed by atoms with E-state index in [4.69, 9.17) is 5.21 Å². The Hall–Kier alpha value is -3.37. The van der Waals surface area contributed by atoms with Crippen molar-refractivity contribution < 1.29 is 10.0 Å². The molecule has 1 atom stereocenters. The number of carbonyl (C=O) groups excluding carboxylic acids is 1. The standard InChI is InChI=1S/C24H24N2O2/c1-3-23(17(2)25-22-15-13-21(14-16-22)24(27)26-28)20-11-9-19(10-12-20)18-7-5-4-6-8-18/h4-16,23,25,28H,2-3H2,1H3,(H,26,27). The monoisotopic (exact) mass is 372 g/mol. The van der Waals surface area contributed by atoms with E-state index in [1.165, 1.54) is 16.7 Å². The lowest BCUT2D eigenvalue weighted by atomic mass is 9.92. The van der Waals surface area contributed by atoms with Crippen LogP contribution in [0.1, 0.15) is 35.2 Å². The first-order valence-electron chi connectivity index (χ1n) is 9.28. The number of rotatable bonds is 7. The molecule has 0 saturated carbocycles. The van der Waals surface area contributed by atoms with Crippen molar-refractivity contribution in [3.05, 3.63) is 102 Å². The molecule has 1 amide bonds. The van der Waals surface area contributed by atoms with Crippen LogP contribution in [0.15, 0.2) is 91.1 Å². The average molecular weight is 372 g/mol. The fourth-order valence-electron chi connectivity index (χ4n) is 3.26. The normalized spacial score (nSPS) is 11.5. The van der Waals surface area contributed by atoms with Crippen molar-refractivity contribution >= 4 is 11.6 Å². The van der Waals surface area contributed by atoms with E-state index in [2.05, 4.69) is 55.2 Å². The van der Waals surface area contributed by atoms with Gasteiger partial charge in [0.2, 0.25) is 0 Å². The van der Waals surface area contributed by atoms with Crippen LogP contribution in [0.2, 0.25) is 0 Å². The maximum atomic E-state index is 11.4. The summed E-state index contributed by atoms with van der Waals surface area (Å²) in [4.78, 5) is 11.4. The molecule has 0 heterocycles. The Morgan fingerprint density at radius 3 is 2.11 bits per heavy atom. The van der Waals surface area contributed by atoms with Crippen molar-refractivity contribution in [2.75, 3.05) is 5.32 Å². The molecule has 3 rings (SSSR count). The summed E-state index contributed by atoms with van der Waals surface area (Å²) >= 11 is 0. The largest absolute Gasteiger partial charge is 0.359 e. The van der Waals surface area contributed by atoms with E-state index in [0.717, 1.165) is 17.8 Å². The van der Waals surface area contributed by atoms with Gasteiger partial charge in [0.1, 0.15) is 0 Å². The van der Waals surface area contributed by atoms with Gasteiger partial charge >= 0.3 is 0 Å². The van der Waals surface area contributed by atoms with Gasteiger partial charge in [-0.25, -0.2) is 5.48 Å². The molecule has 3 N–H and O–H groups in total. The number of hydroxylamine groups is 1. The predicted octanol–water partition coefficient (Wildman–Crippen LogP) is 5.59. The molecule has 3 aromatic carbocycles. The highest BCUT2D eigenvalue weighted by Gasteiger charge is 2.14. The third kappa shape index (κ3) is 4.48. The lowest BCUT2D eigenvalue weighted by Gasteiger charge is -2.20. The van der Waals surface area contributed by atoms with E-state index in [9.17, 15) is 4.79 Å². The van der Waals surface area contributed by atoms with Gasteiger partial charge in [0.25, 0.3) is 5.91 Å². The van der Waals surface area contributed by atoms with Gasteiger partial charge in [-0.1, -0.05) is 68.1 Å². The maximum Gasteiger partial charge on any atom is 0.274 e. The van der Waals surface area contributed by atoms with Crippen LogP contribution in [0.5, 0.6) is 0 Å². The van der Waals surface area contributed by atoms with Crippen LogP contribution in [0, 0.1) is 0 Å². The Labute approximate surface area is 165 Å². The molecule has 0 aliphatic rings. The SMILES string of the molecule is C=C(Nc1ccc(C(=O)NO)cc1)C(CC)c1ccc(-c2ccccc2)cc1. The number of hydrogen-bond acceptors (Lipinski definition) is 3. The molecule has 0 fully saturated rings. The Bertz CT molecular complexity index is 933. The Kier molecular flexibility index (Phi) is 6.25. The summed E-state index contributed by atoms with van der Waals surface area (Å²) in [7, 11) is 0. The minimum Gasteiger partial charge on any atom is -0.359 e. The van der Waals surface area contributed by atoms with Gasteiger partial charge in [-0.2, -0.15) is 0 Å². The van der Waals surface area contributed by atoms with Crippen molar-refractivity contribution in [1.82, 2.24) is 5.48 Å². The zero-order valence-electron chi connectivity index (χ0n) is 15.9. The molecule has 0 aromatic heterocycles. The van der Waals surface area contributed by atoms with Crippen molar-refractivity contribution in [3.63, 3.8) is 0 Å². The van der Waals surface area contributed by atoms with Crippen LogP contribution in [-0.4, -0.2) is 11.1 Å². The van der Waals surface area contributed by atoms with Gasteiger partial charge in [0.05, 0.1) is 0 Å². The number of allylic oxidation sites excluding steroid dienone is 1. The van der Waals surface area contributed by atoms with Gasteiger partial charge in [-0.05, 0) is 47.4 Å². The van der Waals surface area contributed by atoms with E-state index < -0.39 is 5.91 Å². The van der Waals surface area contributed by atoms with E-state index in [-0.39, 0.29) is 5.92 Å². The minimum atomic E-state index is -0.532. The summed E-state index contributed by atoms with van der Waals surface area (Å²) < 4.78 is 0. The van der Waals surface area contributed by atoms with Crippen molar-refractivity contribution in [3.8, 4) is 11.1 Å². The predicted molar refractivity (Wildman–Crippen MR) is 113 cm³/mol. The van der Waals surface area contributed by atoms with Crippen LogP contribution >= 0.6 is 0 Å². The molecule has 0 aliphatic carbocycles. The maximum absolute atomic E-state index is 11.4. The molecule has 142 valence electrons. The van der Waals surface area contributed by atoms with Crippen molar-refractivity contribution in [2.45, 2.75) is 19.3 Å². The molecule has 0 radical (unpaired) electrons. The number of nitrogens with one attached hydrogen (secondary N) is 2. The number of anilines is 1. The third-order valence-electron chi connectivity index (χ3n) is 4.80. The van der Waals surface area contributed by atoms with Crippen LogP contribution in [-0.2, 0) is 0 Å². The van der Waals surface area contributed by atoms with Crippen LogP contribution in [0.3, 0.4) is 0 Å². The Balaban J connectivity index is 1.72. The highest BCUT2D eigenvalue weighted by molar-refractivity contribution is 5.93. The highest BCUT2D eigenvalue weighted by Crippen LogP contribution is 2.30. The number of benzene rings is 3. The molecule has 0 aliphatic heterocycles. The molecule has 4 heteroatoms. The van der Waals surface area contributed by atoms with E-state index in [0.29, 0.717) is 5.56 Å². The van der Waals surface area contributed by atoms with Crippen LogP contribution < -0.4 is 10.8 Å². The Morgan fingerprint density at radius 2 is 1.54 bits per heavy atom. The number of carbonyl (C=O) groups is 1. The molecule has 1 unspecified atom stereocenters. The summed E-state index contributed by atoms with van der Waals surface area (Å²) in [5.41, 5.74) is 7.36. The minimum absolute atomic E-state index is 0.172. The van der Waals surface area contributed by atoms with Gasteiger partial charge in [-0.3, -0.25) is 10.0 Å². The summed E-state index contributed by atoms with van der Waals surface area (Å²) in [6.45, 7) is 6.36. The lowest BCUT2D eigenvalue weighted by Crippen LogP contribution is -2.18. The summed E-state index contributed by atoms with van der Waals surface area (Å²) in [6, 6.07) is 25.8. The van der Waals surface area contributed by atoms with Gasteiger partial charge in [0.15, 0.2) is 0 Å². The summed E-state index contributed by atoms with van der Waals surface area (Å²) in [5, 5.41) is 12.0. The summed E-state index contributed by atoms with van der Waals surface area (Å²) in [5.74, 6) is -0.361. The van der Waals surface area contributed by atoms with E-state index in [1.54, 1.807) is 29.7 Å². The van der Waals surface area contributed by atoms with Gasteiger partial charge in [0, 0.05) is 22.9 Å². The first-order chi connectivity index (χ1) is 13.6. The van der Waals surface area contributed by atoms with Crippen LogP contribution in [0.25, 0.3) is 11.1 Å². The van der Waals surface area contributed by atoms with Gasteiger partial charge in [-0.15, -0.1) is 0 Å². The van der Waals surface area contributed by atoms with Crippen LogP contribution in [0.4, 0.5) is 5.69 Å². The molecule has 3 aromatic rings. The summed E-state index contributed by atoms with van der Waals surface area (Å²) in [6.07, 6.45) is 0.918. The molecule has 0 saturated heterocycles. The highest BCUT2D eigenvalue weighted by atomic mass is 16.5. The van der Waals surface area contributed by atoms with Crippen molar-refractivity contribution in [2.24, 2.45) is 0 Å². The van der Waals surface area contributed by atoms with E-state index >= 15 is 0 Å².